The predicted octanol–water partition coefficient (Wildman–Crippen LogP) is 2.00. The van der Waals surface area contributed by atoms with Gasteiger partial charge < -0.3 is 4.74 Å². The molecule has 0 saturated carbocycles. The minimum Gasteiger partial charge on any atom is -0.377 e. The lowest BCUT2D eigenvalue weighted by atomic mass is 10.1. The summed E-state index contributed by atoms with van der Waals surface area (Å²) in [5.74, 6) is 3.31. The van der Waals surface area contributed by atoms with Gasteiger partial charge in [0.1, 0.15) is 0 Å². The Bertz CT molecular complexity index is 152. The molecular formula is C8H12OS2. The highest BCUT2D eigenvalue weighted by atomic mass is 32.2. The number of hydrogen-bond acceptors (Lipinski definition) is 3. The van der Waals surface area contributed by atoms with Crippen LogP contribution in [-0.2, 0) is 4.74 Å². The first-order chi connectivity index (χ1) is 5.47. The van der Waals surface area contributed by atoms with Crippen molar-refractivity contribution in [3.05, 3.63) is 12.2 Å². The number of hydrogen-bond donors (Lipinski definition) is 0. The maximum Gasteiger partial charge on any atom is 0.0647 e. The van der Waals surface area contributed by atoms with Gasteiger partial charge in [-0.1, -0.05) is 12.2 Å². The van der Waals surface area contributed by atoms with E-state index < -0.39 is 0 Å². The number of rotatable bonds is 1. The van der Waals surface area contributed by atoms with E-state index in [1.807, 2.05) is 0 Å². The fraction of sp³-hybridized carbons (Fsp3) is 0.750. The lowest BCUT2D eigenvalue weighted by Gasteiger charge is -2.21. The summed E-state index contributed by atoms with van der Waals surface area (Å²) in [7, 11) is 0. The summed E-state index contributed by atoms with van der Waals surface area (Å²) in [6.45, 7) is 1.75. The minimum absolute atomic E-state index is 0.668. The molecule has 0 amide bonds. The Labute approximate surface area is 76.0 Å². The van der Waals surface area contributed by atoms with Gasteiger partial charge in [0, 0.05) is 17.4 Å². The lowest BCUT2D eigenvalue weighted by molar-refractivity contribution is 0.131. The van der Waals surface area contributed by atoms with Crippen LogP contribution in [0.4, 0.5) is 0 Å². The molecule has 1 atom stereocenters. The molecule has 1 nitrogen and oxygen atoms in total. The van der Waals surface area contributed by atoms with E-state index in [9.17, 15) is 0 Å². The molecule has 1 unspecified atom stereocenters. The van der Waals surface area contributed by atoms with Gasteiger partial charge in [0.2, 0.25) is 0 Å². The number of ether oxygens (including phenoxy) is 1. The average Bonchev–Trinajstić information content (AvgIpc) is 2.58. The molecule has 1 saturated heterocycles. The molecule has 62 valence electrons. The van der Waals surface area contributed by atoms with Crippen molar-refractivity contribution in [2.24, 2.45) is 5.92 Å². The van der Waals surface area contributed by atoms with Crippen LogP contribution in [0.5, 0.6) is 0 Å². The van der Waals surface area contributed by atoms with Crippen LogP contribution in [0.15, 0.2) is 12.2 Å². The Morgan fingerprint density at radius 1 is 1.27 bits per heavy atom. The van der Waals surface area contributed by atoms with Crippen molar-refractivity contribution in [3.8, 4) is 0 Å². The van der Waals surface area contributed by atoms with Gasteiger partial charge in [-0.3, -0.25) is 0 Å². The third-order valence-electron chi connectivity index (χ3n) is 1.90. The van der Waals surface area contributed by atoms with E-state index in [-0.39, 0.29) is 0 Å². The molecule has 2 aliphatic rings. The second kappa shape index (κ2) is 3.87. The van der Waals surface area contributed by atoms with Crippen LogP contribution in [-0.4, -0.2) is 29.3 Å². The van der Waals surface area contributed by atoms with Crippen LogP contribution in [0.1, 0.15) is 0 Å². The Morgan fingerprint density at radius 2 is 2.09 bits per heavy atom. The van der Waals surface area contributed by atoms with E-state index in [2.05, 4.69) is 35.7 Å². The Morgan fingerprint density at radius 3 is 2.73 bits per heavy atom. The monoisotopic (exact) mass is 188 g/mol. The zero-order valence-electron chi connectivity index (χ0n) is 6.36. The molecule has 0 aromatic carbocycles. The van der Waals surface area contributed by atoms with Crippen molar-refractivity contribution in [1.29, 1.82) is 0 Å². The van der Waals surface area contributed by atoms with Crippen LogP contribution in [0, 0.1) is 5.92 Å². The van der Waals surface area contributed by atoms with Gasteiger partial charge in [-0.05, 0) is 0 Å². The summed E-state index contributed by atoms with van der Waals surface area (Å²) in [6, 6.07) is 0. The van der Waals surface area contributed by atoms with E-state index in [0.717, 1.165) is 17.8 Å². The van der Waals surface area contributed by atoms with Gasteiger partial charge in [-0.2, -0.15) is 0 Å². The summed E-state index contributed by atoms with van der Waals surface area (Å²) >= 11 is 4.16. The highest BCUT2D eigenvalue weighted by molar-refractivity contribution is 8.20. The van der Waals surface area contributed by atoms with E-state index >= 15 is 0 Å². The summed E-state index contributed by atoms with van der Waals surface area (Å²) in [5.41, 5.74) is 0. The van der Waals surface area contributed by atoms with Crippen molar-refractivity contribution >= 4 is 23.5 Å². The normalized spacial score (nSPS) is 32.9. The van der Waals surface area contributed by atoms with Crippen LogP contribution < -0.4 is 0 Å². The standard InChI is InChI=1S/C8H12OS2/c1-2-7(6-9-3-1)8-10-4-5-11-8/h1-2,7-8H,3-6H2. The Kier molecular flexibility index (Phi) is 2.82. The first-order valence-corrected chi connectivity index (χ1v) is 6.04. The second-order valence-electron chi connectivity index (χ2n) is 2.74. The summed E-state index contributed by atoms with van der Waals surface area (Å²) in [4.78, 5) is 0. The van der Waals surface area contributed by atoms with E-state index in [0.29, 0.717) is 5.92 Å². The zero-order valence-corrected chi connectivity index (χ0v) is 8.00. The van der Waals surface area contributed by atoms with Crippen LogP contribution in [0.25, 0.3) is 0 Å². The largest absolute Gasteiger partial charge is 0.377 e. The quantitative estimate of drug-likeness (QED) is 0.582. The summed E-state index contributed by atoms with van der Waals surface area (Å²) in [6.07, 6.45) is 4.47. The van der Waals surface area contributed by atoms with Gasteiger partial charge in [-0.25, -0.2) is 0 Å². The molecule has 0 aromatic heterocycles. The zero-order chi connectivity index (χ0) is 7.52. The summed E-state index contributed by atoms with van der Waals surface area (Å²) in [5, 5.41) is 0. The first kappa shape index (κ1) is 8.02. The molecule has 3 heteroatoms. The molecule has 2 heterocycles. The molecule has 0 N–H and O–H groups in total. The molecule has 0 bridgehead atoms. The van der Waals surface area contributed by atoms with Crippen molar-refractivity contribution < 1.29 is 4.74 Å². The second-order valence-corrected chi connectivity index (χ2v) is 5.54. The first-order valence-electron chi connectivity index (χ1n) is 3.94. The summed E-state index contributed by atoms with van der Waals surface area (Å²) < 4.78 is 6.15. The Balaban J connectivity index is 1.91. The van der Waals surface area contributed by atoms with Crippen molar-refractivity contribution in [3.63, 3.8) is 0 Å². The van der Waals surface area contributed by atoms with Gasteiger partial charge in [0.05, 0.1) is 17.8 Å². The third-order valence-corrected chi connectivity index (χ3v) is 5.22. The smallest absolute Gasteiger partial charge is 0.0647 e. The molecule has 11 heavy (non-hydrogen) atoms. The molecule has 0 aromatic rings. The van der Waals surface area contributed by atoms with Gasteiger partial charge >= 0.3 is 0 Å². The fourth-order valence-corrected chi connectivity index (χ4v) is 4.38. The lowest BCUT2D eigenvalue weighted by Crippen LogP contribution is -2.19. The molecular weight excluding hydrogens is 176 g/mol. The Hall–Kier alpha value is 0.400. The molecule has 0 aliphatic carbocycles. The van der Waals surface area contributed by atoms with E-state index in [1.54, 1.807) is 0 Å². The SMILES string of the molecule is C1=CC(C2SCCS2)COC1. The van der Waals surface area contributed by atoms with Crippen LogP contribution >= 0.6 is 23.5 Å². The highest BCUT2D eigenvalue weighted by Gasteiger charge is 2.25. The van der Waals surface area contributed by atoms with Crippen molar-refractivity contribution in [2.45, 2.75) is 4.58 Å². The van der Waals surface area contributed by atoms with E-state index in [1.165, 1.54) is 11.5 Å². The van der Waals surface area contributed by atoms with E-state index in [4.69, 9.17) is 4.74 Å². The maximum atomic E-state index is 5.38. The molecule has 2 rings (SSSR count). The average molecular weight is 188 g/mol. The van der Waals surface area contributed by atoms with Crippen molar-refractivity contribution in [2.75, 3.05) is 24.7 Å². The van der Waals surface area contributed by atoms with Gasteiger partial charge in [0.15, 0.2) is 0 Å². The molecule has 1 fully saturated rings. The van der Waals surface area contributed by atoms with Crippen LogP contribution in [0.3, 0.4) is 0 Å². The van der Waals surface area contributed by atoms with Gasteiger partial charge in [-0.15, -0.1) is 23.5 Å². The van der Waals surface area contributed by atoms with Gasteiger partial charge in [0.25, 0.3) is 0 Å². The fourth-order valence-electron chi connectivity index (χ4n) is 1.35. The van der Waals surface area contributed by atoms with Crippen LogP contribution in [0.2, 0.25) is 0 Å². The minimum atomic E-state index is 0.668. The maximum absolute atomic E-state index is 5.38. The highest BCUT2D eigenvalue weighted by Crippen LogP contribution is 2.38. The van der Waals surface area contributed by atoms with Crippen molar-refractivity contribution in [1.82, 2.24) is 0 Å². The number of thioether (sulfide) groups is 2. The third kappa shape index (κ3) is 1.95. The molecule has 0 spiro atoms. The molecule has 0 radical (unpaired) electrons. The predicted molar refractivity (Wildman–Crippen MR) is 52.2 cm³/mol. The topological polar surface area (TPSA) is 9.23 Å². The molecule has 2 aliphatic heterocycles.